The van der Waals surface area contributed by atoms with Crippen LogP contribution in [0.5, 0.6) is 0 Å². The number of carbonyl (C=O) groups is 1. The molecule has 0 aromatic rings. The summed E-state index contributed by atoms with van der Waals surface area (Å²) in [4.78, 5) is 14.4. The summed E-state index contributed by atoms with van der Waals surface area (Å²) in [5, 5.41) is 6.06. The molecule has 2 amide bonds. The lowest BCUT2D eigenvalue weighted by Gasteiger charge is -2.56. The highest BCUT2D eigenvalue weighted by molar-refractivity contribution is 5.74. The predicted molar refractivity (Wildman–Crippen MR) is 85.9 cm³/mol. The number of methoxy groups -OCH3 is 1. The van der Waals surface area contributed by atoms with Crippen LogP contribution in [0.25, 0.3) is 0 Å². The van der Waals surface area contributed by atoms with E-state index >= 15 is 0 Å². The molecule has 0 aromatic carbocycles. The van der Waals surface area contributed by atoms with Gasteiger partial charge in [-0.2, -0.15) is 0 Å². The lowest BCUT2D eigenvalue weighted by Crippen LogP contribution is -2.68. The van der Waals surface area contributed by atoms with Crippen LogP contribution in [0.2, 0.25) is 0 Å². The average Bonchev–Trinajstić information content (AvgIpc) is 2.50. The molecule has 0 bridgehead atoms. The monoisotopic (exact) mass is 313 g/mol. The highest BCUT2D eigenvalue weighted by Crippen LogP contribution is 2.46. The summed E-state index contributed by atoms with van der Waals surface area (Å²) in [6.07, 6.45) is 1.18. The Bertz CT molecular complexity index is 370. The first-order valence-electron chi connectivity index (χ1n) is 8.34. The summed E-state index contributed by atoms with van der Waals surface area (Å²) in [7, 11) is 1.74. The van der Waals surface area contributed by atoms with Crippen LogP contribution in [0, 0.1) is 11.3 Å². The van der Waals surface area contributed by atoms with Gasteiger partial charge in [-0.1, -0.05) is 20.8 Å². The molecule has 2 fully saturated rings. The highest BCUT2D eigenvalue weighted by Gasteiger charge is 2.55. The van der Waals surface area contributed by atoms with Crippen LogP contribution in [0.15, 0.2) is 0 Å². The number of rotatable bonds is 6. The molecule has 1 saturated carbocycles. The summed E-state index contributed by atoms with van der Waals surface area (Å²) in [6.45, 7) is 11.8. The second-order valence-electron chi connectivity index (χ2n) is 7.02. The van der Waals surface area contributed by atoms with Gasteiger partial charge in [0.1, 0.15) is 0 Å². The third-order valence-electron chi connectivity index (χ3n) is 5.12. The molecular formula is C16H31N3O3. The average molecular weight is 313 g/mol. The van der Waals surface area contributed by atoms with Crippen LogP contribution >= 0.6 is 0 Å². The Kier molecular flexibility index (Phi) is 6.06. The van der Waals surface area contributed by atoms with Crippen LogP contribution in [0.1, 0.15) is 27.2 Å². The van der Waals surface area contributed by atoms with E-state index in [1.165, 1.54) is 0 Å². The first-order valence-corrected chi connectivity index (χ1v) is 8.34. The van der Waals surface area contributed by atoms with Crippen molar-refractivity contribution in [1.29, 1.82) is 0 Å². The van der Waals surface area contributed by atoms with E-state index in [2.05, 4.69) is 36.3 Å². The Balaban J connectivity index is 1.62. The van der Waals surface area contributed by atoms with E-state index in [1.54, 1.807) is 7.11 Å². The Hall–Kier alpha value is -0.850. The third-order valence-corrected chi connectivity index (χ3v) is 5.12. The normalized spacial score (nSPS) is 31.4. The standard InChI is InChI=1S/C16H31N3O3/c1-12-13(16(2,3)14(12)21-4)18-15(20)17-6-5-7-19-8-10-22-11-9-19/h12-14H,5-11H2,1-4H3,(H2,17,18,20)/t12-,13-,14-/m1/s1. The number of carbonyl (C=O) groups excluding carboxylic acids is 1. The van der Waals surface area contributed by atoms with Crippen molar-refractivity contribution < 1.29 is 14.3 Å². The van der Waals surface area contributed by atoms with Crippen LogP contribution in [-0.4, -0.2) is 69.6 Å². The molecular weight excluding hydrogens is 282 g/mol. The molecule has 6 heteroatoms. The van der Waals surface area contributed by atoms with Crippen molar-refractivity contribution in [2.75, 3.05) is 46.5 Å². The summed E-state index contributed by atoms with van der Waals surface area (Å²) < 4.78 is 10.8. The van der Waals surface area contributed by atoms with Crippen molar-refractivity contribution in [1.82, 2.24) is 15.5 Å². The fourth-order valence-corrected chi connectivity index (χ4v) is 3.95. The fourth-order valence-electron chi connectivity index (χ4n) is 3.95. The molecule has 1 heterocycles. The first kappa shape index (κ1) is 17.5. The zero-order valence-corrected chi connectivity index (χ0v) is 14.4. The van der Waals surface area contributed by atoms with Crippen LogP contribution < -0.4 is 10.6 Å². The van der Waals surface area contributed by atoms with Gasteiger partial charge in [-0.25, -0.2) is 4.79 Å². The molecule has 2 rings (SSSR count). The smallest absolute Gasteiger partial charge is 0.315 e. The van der Waals surface area contributed by atoms with E-state index in [-0.39, 0.29) is 23.6 Å². The molecule has 6 nitrogen and oxygen atoms in total. The van der Waals surface area contributed by atoms with E-state index in [4.69, 9.17) is 9.47 Å². The van der Waals surface area contributed by atoms with Crippen molar-refractivity contribution in [3.05, 3.63) is 0 Å². The first-order chi connectivity index (χ1) is 10.5. The minimum atomic E-state index is -0.0681. The molecule has 2 N–H and O–H groups in total. The summed E-state index contributed by atoms with van der Waals surface area (Å²) in [6, 6.07) is 0.0955. The quantitative estimate of drug-likeness (QED) is 0.720. The minimum Gasteiger partial charge on any atom is -0.380 e. The molecule has 0 spiro atoms. The van der Waals surface area contributed by atoms with Crippen molar-refractivity contribution in [2.24, 2.45) is 11.3 Å². The summed E-state index contributed by atoms with van der Waals surface area (Å²) in [5.74, 6) is 0.346. The molecule has 22 heavy (non-hydrogen) atoms. The number of hydrogen-bond donors (Lipinski definition) is 2. The Morgan fingerprint density at radius 3 is 2.64 bits per heavy atom. The molecule has 0 unspecified atom stereocenters. The molecule has 1 aliphatic carbocycles. The van der Waals surface area contributed by atoms with E-state index in [0.29, 0.717) is 12.5 Å². The van der Waals surface area contributed by atoms with Crippen molar-refractivity contribution in [2.45, 2.75) is 39.3 Å². The van der Waals surface area contributed by atoms with Gasteiger partial charge in [-0.15, -0.1) is 0 Å². The largest absolute Gasteiger partial charge is 0.380 e. The molecule has 128 valence electrons. The van der Waals surface area contributed by atoms with Gasteiger partial charge in [0, 0.05) is 44.1 Å². The molecule has 3 atom stereocenters. The second-order valence-corrected chi connectivity index (χ2v) is 7.02. The minimum absolute atomic E-state index is 0.0146. The number of nitrogens with zero attached hydrogens (tertiary/aromatic N) is 1. The molecule has 1 aliphatic heterocycles. The number of hydrogen-bond acceptors (Lipinski definition) is 4. The Labute approximate surface area is 133 Å². The van der Waals surface area contributed by atoms with Gasteiger partial charge >= 0.3 is 6.03 Å². The van der Waals surface area contributed by atoms with Gasteiger partial charge in [-0.05, 0) is 13.0 Å². The lowest BCUT2D eigenvalue weighted by atomic mass is 9.58. The second kappa shape index (κ2) is 7.62. The number of amides is 2. The molecule has 0 radical (unpaired) electrons. The van der Waals surface area contributed by atoms with Gasteiger partial charge in [0.25, 0.3) is 0 Å². The van der Waals surface area contributed by atoms with Crippen LogP contribution in [0.3, 0.4) is 0 Å². The number of nitrogens with one attached hydrogen (secondary N) is 2. The van der Waals surface area contributed by atoms with Gasteiger partial charge in [-0.3, -0.25) is 4.90 Å². The van der Waals surface area contributed by atoms with Gasteiger partial charge in [0.15, 0.2) is 0 Å². The van der Waals surface area contributed by atoms with E-state index < -0.39 is 0 Å². The van der Waals surface area contributed by atoms with Gasteiger partial charge in [0.2, 0.25) is 0 Å². The lowest BCUT2D eigenvalue weighted by molar-refractivity contribution is -0.140. The third kappa shape index (κ3) is 3.91. The van der Waals surface area contributed by atoms with E-state index in [0.717, 1.165) is 39.3 Å². The Morgan fingerprint density at radius 2 is 2.05 bits per heavy atom. The van der Waals surface area contributed by atoms with Crippen molar-refractivity contribution in [3.8, 4) is 0 Å². The number of ether oxygens (including phenoxy) is 2. The summed E-state index contributed by atoms with van der Waals surface area (Å²) in [5.41, 5.74) is -0.0146. The van der Waals surface area contributed by atoms with Crippen molar-refractivity contribution in [3.63, 3.8) is 0 Å². The molecule has 0 aromatic heterocycles. The molecule has 1 saturated heterocycles. The zero-order chi connectivity index (χ0) is 16.2. The highest BCUT2D eigenvalue weighted by atomic mass is 16.5. The van der Waals surface area contributed by atoms with E-state index in [9.17, 15) is 4.79 Å². The van der Waals surface area contributed by atoms with E-state index in [1.807, 2.05) is 0 Å². The van der Waals surface area contributed by atoms with Gasteiger partial charge < -0.3 is 20.1 Å². The van der Waals surface area contributed by atoms with Gasteiger partial charge in [0.05, 0.1) is 19.3 Å². The predicted octanol–water partition coefficient (Wildman–Crippen LogP) is 1.07. The fraction of sp³-hybridized carbons (Fsp3) is 0.938. The number of urea groups is 1. The number of morpholine rings is 1. The van der Waals surface area contributed by atoms with Crippen LogP contribution in [0.4, 0.5) is 4.79 Å². The summed E-state index contributed by atoms with van der Waals surface area (Å²) >= 11 is 0. The topological polar surface area (TPSA) is 62.8 Å². The zero-order valence-electron chi connectivity index (χ0n) is 14.4. The Morgan fingerprint density at radius 1 is 1.36 bits per heavy atom. The maximum Gasteiger partial charge on any atom is 0.315 e. The SMILES string of the molecule is CO[C@@H]1[C@H](C)[C@@H](NC(=O)NCCCN2CCOCC2)C1(C)C. The van der Waals surface area contributed by atoms with Crippen molar-refractivity contribution >= 4 is 6.03 Å². The maximum absolute atomic E-state index is 12.0. The molecule has 2 aliphatic rings. The van der Waals surface area contributed by atoms with Crippen LogP contribution in [-0.2, 0) is 9.47 Å². The maximum atomic E-state index is 12.0.